The third-order valence-corrected chi connectivity index (χ3v) is 7.76. The van der Waals surface area contributed by atoms with E-state index in [0.717, 1.165) is 17.2 Å². The van der Waals surface area contributed by atoms with Crippen molar-refractivity contribution in [1.82, 2.24) is 24.6 Å². The van der Waals surface area contributed by atoms with E-state index in [4.69, 9.17) is 10.6 Å². The maximum absolute atomic E-state index is 13.0. The molecule has 0 aliphatic carbocycles. The largest absolute Gasteiger partial charge is 0.477 e. The number of anilines is 1. The summed E-state index contributed by atoms with van der Waals surface area (Å²) in [5, 5.41) is 17.6. The highest BCUT2D eigenvalue weighted by Gasteiger charge is 2.54. The Kier molecular flexibility index (Phi) is 8.58. The zero-order valence-electron chi connectivity index (χ0n) is 19.1. The number of carbonyl (C=O) groups is 3. The Morgan fingerprint density at radius 3 is 2.95 bits per heavy atom. The summed E-state index contributed by atoms with van der Waals surface area (Å²) in [6.07, 6.45) is 4.95. The van der Waals surface area contributed by atoms with Gasteiger partial charge in [0.2, 0.25) is 11.5 Å². The molecular formula is C22H21N7O5S3. The summed E-state index contributed by atoms with van der Waals surface area (Å²) in [5.74, 6) is -1.75. The number of nitrogen functional groups attached to an aromatic ring is 1. The molecule has 2 aliphatic rings. The fraction of sp³-hybridized carbons (Fsp3) is 0.227. The molecular weight excluding hydrogens is 538 g/mol. The van der Waals surface area contributed by atoms with E-state index in [2.05, 4.69) is 31.4 Å². The second-order valence-corrected chi connectivity index (χ2v) is 10.2. The van der Waals surface area contributed by atoms with Gasteiger partial charge in [-0.1, -0.05) is 23.9 Å². The zero-order valence-corrected chi connectivity index (χ0v) is 21.6. The van der Waals surface area contributed by atoms with Crippen molar-refractivity contribution in [3.63, 3.8) is 0 Å². The summed E-state index contributed by atoms with van der Waals surface area (Å²) in [7, 11) is 0. The van der Waals surface area contributed by atoms with Crippen LogP contribution in [0.2, 0.25) is 0 Å². The first-order valence-corrected chi connectivity index (χ1v) is 13.6. The van der Waals surface area contributed by atoms with Gasteiger partial charge in [-0.25, -0.2) is 4.79 Å². The third-order valence-electron chi connectivity index (χ3n) is 5.03. The van der Waals surface area contributed by atoms with Gasteiger partial charge in [0, 0.05) is 29.2 Å². The van der Waals surface area contributed by atoms with Gasteiger partial charge in [-0.2, -0.15) is 9.36 Å². The number of aliphatic carboxylic acids is 1. The van der Waals surface area contributed by atoms with E-state index in [1.54, 1.807) is 6.20 Å². The van der Waals surface area contributed by atoms with Gasteiger partial charge >= 0.3 is 5.97 Å². The molecule has 0 saturated carbocycles. The Bertz CT molecular complexity index is 1290. The molecule has 12 nitrogen and oxygen atoms in total. The molecule has 2 aliphatic heterocycles. The lowest BCUT2D eigenvalue weighted by molar-refractivity contribution is -0.150. The highest BCUT2D eigenvalue weighted by atomic mass is 32.2. The van der Waals surface area contributed by atoms with Crippen molar-refractivity contribution in [1.29, 1.82) is 0 Å². The number of aromatic nitrogens is 3. The average molecular weight is 560 g/mol. The van der Waals surface area contributed by atoms with E-state index >= 15 is 0 Å². The number of hydrogen-bond donors (Lipinski definition) is 3. The van der Waals surface area contributed by atoms with Crippen molar-refractivity contribution in [2.24, 2.45) is 5.16 Å². The predicted octanol–water partition coefficient (Wildman–Crippen LogP) is 1.56. The zero-order chi connectivity index (χ0) is 26.4. The molecule has 4 N–H and O–H groups in total. The summed E-state index contributed by atoms with van der Waals surface area (Å²) in [4.78, 5) is 52.4. The molecule has 0 aromatic carbocycles. The molecule has 2 aromatic rings. The second kappa shape index (κ2) is 12.0. The summed E-state index contributed by atoms with van der Waals surface area (Å²) >= 11 is 3.65. The predicted molar refractivity (Wildman–Crippen MR) is 142 cm³/mol. The van der Waals surface area contributed by atoms with Crippen molar-refractivity contribution in [2.45, 2.75) is 11.4 Å². The molecule has 0 spiro atoms. The van der Waals surface area contributed by atoms with Crippen LogP contribution in [0.1, 0.15) is 11.5 Å². The standard InChI is InChI=1S/C22H21N7O5S3/c1-2-8-34-27-14(17-26-22(23)37-28-17)18(30)25-15-19(31)29-16(21(32)33)12(11-36-20(15)29)10-35-9-6-13-5-3-4-7-24-13/h2-7,9,15,20H,1,8,10-11H2,(H,25,30)(H,32,33)(H2,23,26,28)/b9-6-,27-14?/t15?,20-/m1/s1. The smallest absolute Gasteiger partial charge is 0.352 e. The van der Waals surface area contributed by atoms with Gasteiger partial charge in [-0.3, -0.25) is 19.5 Å². The van der Waals surface area contributed by atoms with Gasteiger partial charge in [-0.15, -0.1) is 23.5 Å². The molecule has 192 valence electrons. The van der Waals surface area contributed by atoms with Crippen LogP contribution in [0, 0.1) is 0 Å². The fourth-order valence-electron chi connectivity index (χ4n) is 3.41. The van der Waals surface area contributed by atoms with Crippen molar-refractivity contribution in [2.75, 3.05) is 23.8 Å². The Morgan fingerprint density at radius 1 is 1.43 bits per heavy atom. The molecule has 1 saturated heterocycles. The van der Waals surface area contributed by atoms with Crippen LogP contribution in [0.5, 0.6) is 0 Å². The minimum Gasteiger partial charge on any atom is -0.477 e. The lowest BCUT2D eigenvalue weighted by atomic mass is 10.0. The molecule has 2 atom stereocenters. The van der Waals surface area contributed by atoms with E-state index in [-0.39, 0.29) is 29.0 Å². The average Bonchev–Trinajstić information content (AvgIpc) is 3.33. The first-order chi connectivity index (χ1) is 17.9. The fourth-order valence-corrected chi connectivity index (χ4v) is 6.10. The summed E-state index contributed by atoms with van der Waals surface area (Å²) in [5.41, 5.74) is 6.70. The molecule has 37 heavy (non-hydrogen) atoms. The van der Waals surface area contributed by atoms with Crippen LogP contribution < -0.4 is 11.1 Å². The van der Waals surface area contributed by atoms with Crippen LogP contribution in [0.15, 0.2) is 58.9 Å². The van der Waals surface area contributed by atoms with E-state index in [1.165, 1.54) is 34.5 Å². The molecule has 1 unspecified atom stereocenters. The molecule has 0 bridgehead atoms. The quantitative estimate of drug-likeness (QED) is 0.120. The number of β-lactam (4-membered cyclic amide) rings is 1. The maximum Gasteiger partial charge on any atom is 0.352 e. The highest BCUT2D eigenvalue weighted by Crippen LogP contribution is 2.41. The van der Waals surface area contributed by atoms with Crippen LogP contribution in [0.3, 0.4) is 0 Å². The number of nitrogens with one attached hydrogen (secondary N) is 1. The first kappa shape index (κ1) is 26.4. The molecule has 2 amide bonds. The number of carboxylic acid groups (broad SMARTS) is 1. The normalized spacial score (nSPS) is 19.4. The molecule has 1 fully saturated rings. The second-order valence-electron chi connectivity index (χ2n) is 7.47. The first-order valence-electron chi connectivity index (χ1n) is 10.7. The van der Waals surface area contributed by atoms with Crippen LogP contribution in [0.4, 0.5) is 5.13 Å². The van der Waals surface area contributed by atoms with Crippen LogP contribution >= 0.6 is 35.1 Å². The van der Waals surface area contributed by atoms with Crippen LogP contribution in [0.25, 0.3) is 6.08 Å². The number of carbonyl (C=O) groups excluding carboxylic acids is 2. The van der Waals surface area contributed by atoms with E-state index in [1.807, 2.05) is 29.7 Å². The van der Waals surface area contributed by atoms with E-state index < -0.39 is 29.2 Å². The molecule has 4 rings (SSSR count). The molecule has 0 radical (unpaired) electrons. The van der Waals surface area contributed by atoms with Crippen molar-refractivity contribution >= 4 is 69.8 Å². The van der Waals surface area contributed by atoms with Crippen molar-refractivity contribution in [3.8, 4) is 0 Å². The lowest BCUT2D eigenvalue weighted by Gasteiger charge is -2.49. The summed E-state index contributed by atoms with van der Waals surface area (Å²) in [6.45, 7) is 3.55. The minimum atomic E-state index is -1.20. The highest BCUT2D eigenvalue weighted by molar-refractivity contribution is 8.02. The van der Waals surface area contributed by atoms with Crippen molar-refractivity contribution < 1.29 is 24.3 Å². The number of rotatable bonds is 11. The van der Waals surface area contributed by atoms with Gasteiger partial charge in [0.15, 0.2) is 5.13 Å². The van der Waals surface area contributed by atoms with Gasteiger partial charge in [0.25, 0.3) is 11.8 Å². The Morgan fingerprint density at radius 2 is 2.27 bits per heavy atom. The monoisotopic (exact) mass is 559 g/mol. The molecule has 4 heterocycles. The Labute approximate surface area is 223 Å². The maximum atomic E-state index is 13.0. The number of pyridine rings is 1. The number of hydrogen-bond acceptors (Lipinski definition) is 12. The van der Waals surface area contributed by atoms with Crippen LogP contribution in [-0.2, 0) is 19.2 Å². The number of nitrogens with zero attached hydrogens (tertiary/aromatic N) is 5. The topological polar surface area (TPSA) is 173 Å². The Hall–Kier alpha value is -3.69. The number of thioether (sulfide) groups is 2. The van der Waals surface area contributed by atoms with Gasteiger partial charge in [0.05, 0.1) is 5.69 Å². The summed E-state index contributed by atoms with van der Waals surface area (Å²) in [6, 6.07) is 4.59. The number of fused-ring (bicyclic) bond motifs is 1. The molecule has 15 heteroatoms. The van der Waals surface area contributed by atoms with Gasteiger partial charge in [0.1, 0.15) is 23.7 Å². The van der Waals surface area contributed by atoms with Crippen molar-refractivity contribution in [3.05, 3.63) is 65.2 Å². The number of oxime groups is 1. The van der Waals surface area contributed by atoms with Gasteiger partial charge < -0.3 is 21.0 Å². The minimum absolute atomic E-state index is 0.0373. The van der Waals surface area contributed by atoms with E-state index in [9.17, 15) is 19.5 Å². The molecule has 2 aromatic heterocycles. The summed E-state index contributed by atoms with van der Waals surface area (Å²) < 4.78 is 3.98. The van der Waals surface area contributed by atoms with E-state index in [0.29, 0.717) is 17.1 Å². The number of amides is 2. The third kappa shape index (κ3) is 6.00. The van der Waals surface area contributed by atoms with Gasteiger partial charge in [-0.05, 0) is 29.2 Å². The number of carboxylic acids is 1. The number of nitrogens with two attached hydrogens (primary N) is 1. The SMILES string of the molecule is C=CCON=C(C(=O)NC1C(=O)N2C(C(=O)O)=C(CS/C=C\c3ccccn3)CS[C@H]12)c1nsc(N)n1. The lowest BCUT2D eigenvalue weighted by Crippen LogP contribution is -2.71. The Balaban J connectivity index is 1.45. The van der Waals surface area contributed by atoms with Crippen LogP contribution in [-0.4, -0.2) is 77.4 Å².